The number of hydrogen-bond donors (Lipinski definition) is 2. The molecule has 0 saturated carbocycles. The summed E-state index contributed by atoms with van der Waals surface area (Å²) in [6, 6.07) is 5.94. The first-order chi connectivity index (χ1) is 10.5. The molecule has 2 aromatic rings. The Bertz CT molecular complexity index is 656. The highest BCUT2D eigenvalue weighted by Crippen LogP contribution is 2.22. The first-order valence-electron chi connectivity index (χ1n) is 7.09. The zero-order chi connectivity index (χ0) is 16.1. The van der Waals surface area contributed by atoms with Gasteiger partial charge in [-0.2, -0.15) is 0 Å². The molecule has 1 amide bonds. The van der Waals surface area contributed by atoms with Crippen LogP contribution in [0.25, 0.3) is 0 Å². The summed E-state index contributed by atoms with van der Waals surface area (Å²) in [5.74, 6) is 0.792. The molecule has 116 valence electrons. The molecule has 0 radical (unpaired) electrons. The zero-order valence-corrected chi connectivity index (χ0v) is 14.4. The second kappa shape index (κ2) is 7.35. The number of benzene rings is 1. The van der Waals surface area contributed by atoms with Crippen molar-refractivity contribution >= 4 is 33.3 Å². The average Bonchev–Trinajstić information content (AvgIpc) is 2.49. The third-order valence-corrected chi connectivity index (χ3v) is 3.85. The van der Waals surface area contributed by atoms with E-state index in [-0.39, 0.29) is 5.91 Å². The third-order valence-electron chi connectivity index (χ3n) is 3.00. The van der Waals surface area contributed by atoms with Crippen LogP contribution in [-0.4, -0.2) is 22.4 Å². The van der Waals surface area contributed by atoms with Crippen molar-refractivity contribution in [2.24, 2.45) is 5.92 Å². The van der Waals surface area contributed by atoms with Gasteiger partial charge in [-0.25, -0.2) is 9.97 Å². The van der Waals surface area contributed by atoms with E-state index in [2.05, 4.69) is 36.5 Å². The molecule has 0 saturated heterocycles. The molecule has 2 N–H and O–H groups in total. The van der Waals surface area contributed by atoms with Crippen molar-refractivity contribution in [1.29, 1.82) is 0 Å². The van der Waals surface area contributed by atoms with E-state index < -0.39 is 0 Å². The lowest BCUT2D eigenvalue weighted by atomic mass is 10.2. The zero-order valence-electron chi connectivity index (χ0n) is 12.9. The summed E-state index contributed by atoms with van der Waals surface area (Å²) in [4.78, 5) is 20.2. The number of nitrogens with one attached hydrogen (secondary N) is 2. The summed E-state index contributed by atoms with van der Waals surface area (Å²) in [7, 11) is 0. The molecule has 0 aliphatic rings. The Morgan fingerprint density at radius 1 is 1.27 bits per heavy atom. The molecular weight excluding hydrogens is 344 g/mol. The van der Waals surface area contributed by atoms with Crippen molar-refractivity contribution < 1.29 is 4.79 Å². The van der Waals surface area contributed by atoms with Crippen LogP contribution in [0.15, 0.2) is 35.1 Å². The van der Waals surface area contributed by atoms with Crippen LogP contribution in [0, 0.1) is 12.8 Å². The number of aromatic nitrogens is 2. The smallest absolute Gasteiger partial charge is 0.271 e. The number of hydrogen-bond acceptors (Lipinski definition) is 4. The summed E-state index contributed by atoms with van der Waals surface area (Å²) < 4.78 is 1.02. The molecule has 22 heavy (non-hydrogen) atoms. The van der Waals surface area contributed by atoms with Gasteiger partial charge in [0.15, 0.2) is 0 Å². The lowest BCUT2D eigenvalue weighted by Crippen LogP contribution is -2.28. The predicted molar refractivity (Wildman–Crippen MR) is 91.4 cm³/mol. The standard InChI is InChI=1S/C16H19BrN4O/c1-10(2)7-20-16(22)14-8-19-15(9-18-14)21-12-5-4-11(3)13(17)6-12/h4-6,8-10H,7H2,1-3H3,(H,19,21)(H,20,22). The molecule has 5 nitrogen and oxygen atoms in total. The fourth-order valence-corrected chi connectivity index (χ4v) is 2.09. The number of halogens is 1. The van der Waals surface area contributed by atoms with Gasteiger partial charge in [0, 0.05) is 16.7 Å². The topological polar surface area (TPSA) is 66.9 Å². The summed E-state index contributed by atoms with van der Waals surface area (Å²) in [6.45, 7) is 6.73. The van der Waals surface area contributed by atoms with Crippen molar-refractivity contribution in [1.82, 2.24) is 15.3 Å². The monoisotopic (exact) mass is 362 g/mol. The van der Waals surface area contributed by atoms with Crippen molar-refractivity contribution in [3.8, 4) is 0 Å². The minimum Gasteiger partial charge on any atom is -0.350 e. The minimum absolute atomic E-state index is 0.203. The lowest BCUT2D eigenvalue weighted by Gasteiger charge is -2.09. The molecule has 1 heterocycles. The number of carbonyl (C=O) groups is 1. The molecule has 6 heteroatoms. The van der Waals surface area contributed by atoms with Crippen LogP contribution < -0.4 is 10.6 Å². The molecule has 0 aliphatic heterocycles. The average molecular weight is 363 g/mol. The largest absolute Gasteiger partial charge is 0.350 e. The van der Waals surface area contributed by atoms with Crippen LogP contribution in [0.1, 0.15) is 29.9 Å². The second-order valence-electron chi connectivity index (χ2n) is 5.48. The van der Waals surface area contributed by atoms with Crippen LogP contribution in [0.5, 0.6) is 0 Å². The summed E-state index contributed by atoms with van der Waals surface area (Å²) >= 11 is 3.49. The third kappa shape index (κ3) is 4.53. The van der Waals surface area contributed by atoms with Gasteiger partial charge >= 0.3 is 0 Å². The van der Waals surface area contributed by atoms with E-state index in [1.807, 2.05) is 39.0 Å². The minimum atomic E-state index is -0.203. The second-order valence-corrected chi connectivity index (χ2v) is 6.33. The van der Waals surface area contributed by atoms with Crippen LogP contribution in [0.2, 0.25) is 0 Å². The molecule has 0 unspecified atom stereocenters. The number of amides is 1. The van der Waals surface area contributed by atoms with Crippen LogP contribution in [0.4, 0.5) is 11.5 Å². The van der Waals surface area contributed by atoms with E-state index in [1.54, 1.807) is 6.20 Å². The first kappa shape index (κ1) is 16.4. The highest BCUT2D eigenvalue weighted by atomic mass is 79.9. The molecular formula is C16H19BrN4O. The molecule has 0 aliphatic carbocycles. The molecule has 2 rings (SSSR count). The van der Waals surface area contributed by atoms with E-state index >= 15 is 0 Å². The van der Waals surface area contributed by atoms with E-state index in [1.165, 1.54) is 6.20 Å². The van der Waals surface area contributed by atoms with Gasteiger partial charge in [0.05, 0.1) is 12.4 Å². The summed E-state index contributed by atoms with van der Waals surface area (Å²) in [5, 5.41) is 5.97. The van der Waals surface area contributed by atoms with Crippen molar-refractivity contribution in [3.63, 3.8) is 0 Å². The maximum atomic E-state index is 11.9. The Morgan fingerprint density at radius 2 is 2.05 bits per heavy atom. The first-order valence-corrected chi connectivity index (χ1v) is 7.88. The number of carbonyl (C=O) groups excluding carboxylic acids is 1. The quantitative estimate of drug-likeness (QED) is 0.851. The Hall–Kier alpha value is -1.95. The Kier molecular flexibility index (Phi) is 5.49. The van der Waals surface area contributed by atoms with Gasteiger partial charge in [0.25, 0.3) is 5.91 Å². The summed E-state index contributed by atoms with van der Waals surface area (Å²) in [6.07, 6.45) is 3.03. The van der Waals surface area contributed by atoms with E-state index in [9.17, 15) is 4.79 Å². The van der Waals surface area contributed by atoms with Crippen molar-refractivity contribution in [2.45, 2.75) is 20.8 Å². The van der Waals surface area contributed by atoms with Crippen LogP contribution in [0.3, 0.4) is 0 Å². The SMILES string of the molecule is Cc1ccc(Nc2cnc(C(=O)NCC(C)C)cn2)cc1Br. The van der Waals surface area contributed by atoms with Gasteiger partial charge in [0.1, 0.15) is 11.5 Å². The van der Waals surface area contributed by atoms with Crippen LogP contribution in [-0.2, 0) is 0 Å². The Labute approximate surface area is 138 Å². The molecule has 1 aromatic heterocycles. The number of anilines is 2. The lowest BCUT2D eigenvalue weighted by molar-refractivity contribution is 0.0943. The van der Waals surface area contributed by atoms with E-state index in [4.69, 9.17) is 0 Å². The fraction of sp³-hybridized carbons (Fsp3) is 0.312. The van der Waals surface area contributed by atoms with Gasteiger partial charge in [-0.05, 0) is 30.5 Å². The Morgan fingerprint density at radius 3 is 2.64 bits per heavy atom. The molecule has 1 aromatic carbocycles. The predicted octanol–water partition coefficient (Wildman–Crippen LogP) is 3.68. The highest BCUT2D eigenvalue weighted by Gasteiger charge is 2.08. The fourth-order valence-electron chi connectivity index (χ4n) is 1.72. The van der Waals surface area contributed by atoms with Gasteiger partial charge < -0.3 is 10.6 Å². The summed E-state index contributed by atoms with van der Waals surface area (Å²) in [5.41, 5.74) is 2.38. The number of nitrogens with zero attached hydrogens (tertiary/aromatic N) is 2. The molecule has 0 atom stereocenters. The number of aryl methyl sites for hydroxylation is 1. The van der Waals surface area contributed by atoms with Crippen LogP contribution >= 0.6 is 15.9 Å². The van der Waals surface area contributed by atoms with Crippen molar-refractivity contribution in [3.05, 3.63) is 46.3 Å². The maximum Gasteiger partial charge on any atom is 0.271 e. The van der Waals surface area contributed by atoms with Crippen molar-refractivity contribution in [2.75, 3.05) is 11.9 Å². The molecule has 0 fully saturated rings. The maximum absolute atomic E-state index is 11.9. The van der Waals surface area contributed by atoms with Gasteiger partial charge in [-0.15, -0.1) is 0 Å². The normalized spacial score (nSPS) is 10.6. The molecule has 0 bridgehead atoms. The highest BCUT2D eigenvalue weighted by molar-refractivity contribution is 9.10. The number of rotatable bonds is 5. The van der Waals surface area contributed by atoms with E-state index in [0.29, 0.717) is 24.0 Å². The van der Waals surface area contributed by atoms with Gasteiger partial charge in [-0.1, -0.05) is 35.8 Å². The van der Waals surface area contributed by atoms with Gasteiger partial charge in [0.2, 0.25) is 0 Å². The van der Waals surface area contributed by atoms with Gasteiger partial charge in [-0.3, -0.25) is 4.79 Å². The Balaban J connectivity index is 2.02. The van der Waals surface area contributed by atoms with E-state index in [0.717, 1.165) is 15.7 Å². The molecule has 0 spiro atoms.